The number of nitrogens with one attached hydrogen (secondary N) is 1. The van der Waals surface area contributed by atoms with Gasteiger partial charge in [0.1, 0.15) is 11.6 Å². The second kappa shape index (κ2) is 6.90. The minimum absolute atomic E-state index is 0.0853. The number of nitrogens with zero attached hydrogens (tertiary/aromatic N) is 1. The van der Waals surface area contributed by atoms with Crippen molar-refractivity contribution in [3.63, 3.8) is 0 Å². The summed E-state index contributed by atoms with van der Waals surface area (Å²) in [6, 6.07) is 9.44. The topological polar surface area (TPSA) is 59.1 Å². The zero-order chi connectivity index (χ0) is 18.0. The van der Waals surface area contributed by atoms with Gasteiger partial charge in [-0.2, -0.15) is 0 Å². The van der Waals surface area contributed by atoms with Gasteiger partial charge >= 0.3 is 0 Å². The zero-order valence-corrected chi connectivity index (χ0v) is 13.9. The van der Waals surface area contributed by atoms with Crippen molar-refractivity contribution in [2.24, 2.45) is 0 Å². The summed E-state index contributed by atoms with van der Waals surface area (Å²) in [6.45, 7) is 1.45. The van der Waals surface area contributed by atoms with E-state index in [0.29, 0.717) is 22.0 Å². The maximum absolute atomic E-state index is 13.8. The van der Waals surface area contributed by atoms with Gasteiger partial charge < -0.3 is 0 Å². The number of Topliss-reactive ketones (excluding diaryl/α,β-unsaturated/α-hetero) is 1. The summed E-state index contributed by atoms with van der Waals surface area (Å²) >= 11 is 1.13. The number of amides is 1. The van der Waals surface area contributed by atoms with E-state index in [1.165, 1.54) is 13.0 Å². The summed E-state index contributed by atoms with van der Waals surface area (Å²) in [5, 5.41) is 4.48. The van der Waals surface area contributed by atoms with Crippen LogP contribution in [0, 0.1) is 11.6 Å². The molecule has 0 aliphatic heterocycles. The Bertz CT molecular complexity index is 952. The summed E-state index contributed by atoms with van der Waals surface area (Å²) in [6.07, 6.45) is 0. The minimum atomic E-state index is -0.719. The summed E-state index contributed by atoms with van der Waals surface area (Å²) in [4.78, 5) is 27.6. The highest BCUT2D eigenvalue weighted by Crippen LogP contribution is 2.27. The molecule has 0 aliphatic carbocycles. The molecule has 0 spiro atoms. The summed E-state index contributed by atoms with van der Waals surface area (Å²) < 4.78 is 26.8. The minimum Gasteiger partial charge on any atom is -0.298 e. The average molecular weight is 358 g/mol. The lowest BCUT2D eigenvalue weighted by atomic mass is 10.1. The summed E-state index contributed by atoms with van der Waals surface area (Å²) in [5.41, 5.74) is 1.35. The van der Waals surface area contributed by atoms with Gasteiger partial charge in [0, 0.05) is 28.1 Å². The van der Waals surface area contributed by atoms with E-state index in [0.717, 1.165) is 23.5 Å². The van der Waals surface area contributed by atoms with Crippen LogP contribution in [-0.4, -0.2) is 16.7 Å². The first-order chi connectivity index (χ1) is 11.9. The Morgan fingerprint density at radius 2 is 1.72 bits per heavy atom. The number of aromatic nitrogens is 1. The zero-order valence-electron chi connectivity index (χ0n) is 13.0. The molecule has 0 fully saturated rings. The van der Waals surface area contributed by atoms with Gasteiger partial charge in [-0.1, -0.05) is 12.1 Å². The lowest BCUT2D eigenvalue weighted by molar-refractivity contribution is 0.100. The van der Waals surface area contributed by atoms with E-state index in [1.807, 2.05) is 0 Å². The molecule has 0 radical (unpaired) electrons. The van der Waals surface area contributed by atoms with E-state index < -0.39 is 17.5 Å². The van der Waals surface area contributed by atoms with E-state index in [1.54, 1.807) is 29.6 Å². The number of halogens is 2. The molecule has 4 nitrogen and oxygen atoms in total. The van der Waals surface area contributed by atoms with Gasteiger partial charge in [-0.3, -0.25) is 14.9 Å². The summed E-state index contributed by atoms with van der Waals surface area (Å²) in [7, 11) is 0. The van der Waals surface area contributed by atoms with Crippen LogP contribution in [0.25, 0.3) is 11.3 Å². The van der Waals surface area contributed by atoms with Gasteiger partial charge in [0.2, 0.25) is 0 Å². The van der Waals surface area contributed by atoms with Crippen LogP contribution in [0.15, 0.2) is 47.8 Å². The normalized spacial score (nSPS) is 10.5. The van der Waals surface area contributed by atoms with Crippen LogP contribution in [0.3, 0.4) is 0 Å². The van der Waals surface area contributed by atoms with E-state index in [-0.39, 0.29) is 11.3 Å². The molecule has 0 unspecified atom stereocenters. The molecule has 3 aromatic rings. The van der Waals surface area contributed by atoms with Crippen molar-refractivity contribution in [1.82, 2.24) is 4.98 Å². The molecule has 0 aliphatic rings. The third kappa shape index (κ3) is 3.77. The predicted octanol–water partition coefficient (Wildman–Crippen LogP) is 4.54. The Hall–Kier alpha value is -2.93. The maximum Gasteiger partial charge on any atom is 0.257 e. The molecule has 0 saturated heterocycles. The molecule has 7 heteroatoms. The van der Waals surface area contributed by atoms with Crippen LogP contribution >= 0.6 is 11.3 Å². The van der Waals surface area contributed by atoms with Crippen molar-refractivity contribution in [2.75, 3.05) is 5.32 Å². The van der Waals surface area contributed by atoms with Crippen LogP contribution in [0.2, 0.25) is 0 Å². The Kier molecular flexibility index (Phi) is 4.67. The Balaban J connectivity index is 1.76. The van der Waals surface area contributed by atoms with Gasteiger partial charge in [0.15, 0.2) is 10.9 Å². The molecule has 1 aromatic heterocycles. The highest BCUT2D eigenvalue weighted by Gasteiger charge is 2.13. The Labute approximate surface area is 146 Å². The molecule has 0 saturated carbocycles. The second-order valence-corrected chi connectivity index (χ2v) is 6.11. The molecule has 1 N–H and O–H groups in total. The van der Waals surface area contributed by atoms with Crippen LogP contribution in [-0.2, 0) is 0 Å². The van der Waals surface area contributed by atoms with Gasteiger partial charge in [-0.05, 0) is 31.2 Å². The van der Waals surface area contributed by atoms with E-state index >= 15 is 0 Å². The molecule has 2 aromatic carbocycles. The number of hydrogen-bond donors (Lipinski definition) is 1. The lowest BCUT2D eigenvalue weighted by Gasteiger charge is -2.03. The monoisotopic (exact) mass is 358 g/mol. The Morgan fingerprint density at radius 3 is 2.36 bits per heavy atom. The highest BCUT2D eigenvalue weighted by atomic mass is 32.1. The molecule has 25 heavy (non-hydrogen) atoms. The number of hydrogen-bond acceptors (Lipinski definition) is 4. The van der Waals surface area contributed by atoms with Crippen molar-refractivity contribution < 1.29 is 18.4 Å². The highest BCUT2D eigenvalue weighted by molar-refractivity contribution is 7.14. The van der Waals surface area contributed by atoms with Crippen LogP contribution in [0.4, 0.5) is 13.9 Å². The van der Waals surface area contributed by atoms with Crippen LogP contribution in [0.5, 0.6) is 0 Å². The van der Waals surface area contributed by atoms with E-state index in [2.05, 4.69) is 10.3 Å². The number of anilines is 1. The van der Waals surface area contributed by atoms with Gasteiger partial charge in [-0.15, -0.1) is 11.3 Å². The molecular formula is C18H12F2N2O2S. The van der Waals surface area contributed by atoms with Gasteiger partial charge in [-0.25, -0.2) is 13.8 Å². The number of carbonyl (C=O) groups is 2. The number of thiazole rings is 1. The van der Waals surface area contributed by atoms with Crippen LogP contribution in [0.1, 0.15) is 27.6 Å². The number of rotatable bonds is 4. The lowest BCUT2D eigenvalue weighted by Crippen LogP contribution is -2.11. The average Bonchev–Trinajstić information content (AvgIpc) is 3.03. The van der Waals surface area contributed by atoms with E-state index in [9.17, 15) is 18.4 Å². The van der Waals surface area contributed by atoms with Crippen molar-refractivity contribution in [2.45, 2.75) is 6.92 Å². The number of ketones is 1. The fraction of sp³-hybridized carbons (Fsp3) is 0.0556. The largest absolute Gasteiger partial charge is 0.298 e. The first-order valence-corrected chi connectivity index (χ1v) is 8.15. The fourth-order valence-corrected chi connectivity index (χ4v) is 2.88. The van der Waals surface area contributed by atoms with Crippen LogP contribution < -0.4 is 5.32 Å². The third-order valence-corrected chi connectivity index (χ3v) is 4.24. The Morgan fingerprint density at radius 1 is 1.04 bits per heavy atom. The number of benzene rings is 2. The van der Waals surface area contributed by atoms with Gasteiger partial charge in [0.25, 0.3) is 5.91 Å². The van der Waals surface area contributed by atoms with E-state index in [4.69, 9.17) is 0 Å². The quantitative estimate of drug-likeness (QED) is 0.697. The first-order valence-electron chi connectivity index (χ1n) is 7.27. The van der Waals surface area contributed by atoms with Gasteiger partial charge in [0.05, 0.1) is 5.69 Å². The fourth-order valence-electron chi connectivity index (χ4n) is 2.18. The first kappa shape index (κ1) is 16.9. The smallest absolute Gasteiger partial charge is 0.257 e. The van der Waals surface area contributed by atoms with Crippen molar-refractivity contribution in [3.8, 4) is 11.3 Å². The molecule has 0 atom stereocenters. The second-order valence-electron chi connectivity index (χ2n) is 5.25. The predicted molar refractivity (Wildman–Crippen MR) is 91.9 cm³/mol. The molecule has 126 valence electrons. The maximum atomic E-state index is 13.8. The standard InChI is InChI=1S/C18H12F2N2O2S/c1-10(23)11-2-4-12(5-3-11)17(24)22-18-21-16(9-25-18)14-7-6-13(19)8-15(14)20/h2-9H,1H3,(H,21,22,24). The number of carbonyl (C=O) groups excluding carboxylic acids is 2. The van der Waals surface area contributed by atoms with Crippen molar-refractivity contribution >= 4 is 28.2 Å². The molecule has 0 bridgehead atoms. The molecular weight excluding hydrogens is 346 g/mol. The van der Waals surface area contributed by atoms with Crippen molar-refractivity contribution in [1.29, 1.82) is 0 Å². The SMILES string of the molecule is CC(=O)c1ccc(C(=O)Nc2nc(-c3ccc(F)cc3F)cs2)cc1. The summed E-state index contributed by atoms with van der Waals surface area (Å²) in [5.74, 6) is -1.87. The third-order valence-electron chi connectivity index (χ3n) is 3.49. The van der Waals surface area contributed by atoms with Crippen molar-refractivity contribution in [3.05, 3.63) is 70.6 Å². The molecule has 1 heterocycles. The molecule has 1 amide bonds. The molecule has 3 rings (SSSR count).